The lowest BCUT2D eigenvalue weighted by Crippen LogP contribution is -2.53. The summed E-state index contributed by atoms with van der Waals surface area (Å²) in [6, 6.07) is 7.17. The Balaban J connectivity index is 1.68. The second kappa shape index (κ2) is 6.84. The maximum absolute atomic E-state index is 12.3. The lowest BCUT2D eigenvalue weighted by Gasteiger charge is -2.29. The minimum Gasteiger partial charge on any atom is -0.384 e. The number of nitrogens with one attached hydrogen (secondary N) is 2. The molecule has 0 saturated carbocycles. The molecular weight excluding hydrogens is 308 g/mol. The second-order valence-electron chi connectivity index (χ2n) is 5.90. The fourth-order valence-electron chi connectivity index (χ4n) is 2.98. The quantitative estimate of drug-likeness (QED) is 0.665. The summed E-state index contributed by atoms with van der Waals surface area (Å²) in [6.07, 6.45) is 2.20. The maximum Gasteiger partial charge on any atom is 0.249 e. The van der Waals surface area contributed by atoms with Gasteiger partial charge in [0, 0.05) is 37.8 Å². The number of carbonyl (C=O) groups is 3. The van der Waals surface area contributed by atoms with E-state index in [2.05, 4.69) is 10.6 Å². The van der Waals surface area contributed by atoms with Crippen LogP contribution in [0.5, 0.6) is 0 Å². The highest BCUT2D eigenvalue weighted by Crippen LogP contribution is 2.26. The van der Waals surface area contributed by atoms with Crippen LogP contribution in [0.25, 0.3) is 5.57 Å². The van der Waals surface area contributed by atoms with E-state index in [4.69, 9.17) is 5.73 Å². The van der Waals surface area contributed by atoms with Gasteiger partial charge in [-0.15, -0.1) is 0 Å². The Morgan fingerprint density at radius 2 is 1.96 bits per heavy atom. The van der Waals surface area contributed by atoms with Crippen LogP contribution < -0.4 is 16.4 Å². The zero-order chi connectivity index (χ0) is 17.1. The van der Waals surface area contributed by atoms with Gasteiger partial charge in [-0.25, -0.2) is 0 Å². The Morgan fingerprint density at radius 1 is 1.21 bits per heavy atom. The number of imide groups is 1. The molecule has 1 saturated heterocycles. The van der Waals surface area contributed by atoms with E-state index in [9.17, 15) is 14.4 Å². The predicted octanol–water partition coefficient (Wildman–Crippen LogP) is 0.0880. The lowest BCUT2D eigenvalue weighted by molar-refractivity contribution is -0.142. The van der Waals surface area contributed by atoms with Crippen molar-refractivity contribution in [1.29, 1.82) is 0 Å². The highest BCUT2D eigenvalue weighted by Gasteiger charge is 2.36. The average molecular weight is 328 g/mol. The number of benzene rings is 1. The van der Waals surface area contributed by atoms with Crippen LogP contribution in [0.4, 0.5) is 5.69 Å². The first kappa shape index (κ1) is 16.2. The van der Waals surface area contributed by atoms with Crippen LogP contribution in [-0.4, -0.2) is 48.3 Å². The standard InChI is InChI=1S/C17H20N4O3/c18-7-8-19-13-3-1-11(2-4-13)12-9-16(23)21(10-12)14-5-6-15(22)20-17(14)24/h1-4,9,14,19H,5-8,10,18H2,(H,20,22,24). The molecule has 3 rings (SSSR count). The third kappa shape index (κ3) is 3.30. The summed E-state index contributed by atoms with van der Waals surface area (Å²) in [5, 5.41) is 5.48. The Labute approximate surface area is 139 Å². The van der Waals surface area contributed by atoms with Crippen molar-refractivity contribution in [3.05, 3.63) is 35.9 Å². The van der Waals surface area contributed by atoms with Crippen LogP contribution in [0.2, 0.25) is 0 Å². The molecule has 4 N–H and O–H groups in total. The van der Waals surface area contributed by atoms with E-state index < -0.39 is 11.9 Å². The minimum absolute atomic E-state index is 0.190. The fraction of sp³-hybridized carbons (Fsp3) is 0.353. The van der Waals surface area contributed by atoms with E-state index in [1.165, 1.54) is 4.90 Å². The SMILES string of the molecule is NCCNc1ccc(C2=CC(=O)N(C3CCC(=O)NC3=O)C2)cc1. The van der Waals surface area contributed by atoms with Gasteiger partial charge in [-0.2, -0.15) is 0 Å². The number of carbonyl (C=O) groups excluding carboxylic acids is 3. The first-order chi connectivity index (χ1) is 11.6. The molecule has 0 spiro atoms. The van der Waals surface area contributed by atoms with Crippen LogP contribution in [0.15, 0.2) is 30.3 Å². The number of rotatable bonds is 5. The molecule has 1 aromatic rings. The van der Waals surface area contributed by atoms with Crippen molar-refractivity contribution in [2.75, 3.05) is 25.0 Å². The van der Waals surface area contributed by atoms with Gasteiger partial charge >= 0.3 is 0 Å². The molecule has 0 bridgehead atoms. The smallest absolute Gasteiger partial charge is 0.249 e. The van der Waals surface area contributed by atoms with Crippen LogP contribution in [0, 0.1) is 0 Å². The molecule has 2 heterocycles. The molecule has 126 valence electrons. The van der Waals surface area contributed by atoms with Gasteiger partial charge in [-0.1, -0.05) is 12.1 Å². The maximum atomic E-state index is 12.3. The molecule has 2 aliphatic rings. The molecule has 1 atom stereocenters. The number of hydrogen-bond donors (Lipinski definition) is 3. The van der Waals surface area contributed by atoms with E-state index >= 15 is 0 Å². The summed E-state index contributed by atoms with van der Waals surface area (Å²) in [7, 11) is 0. The number of nitrogens with two attached hydrogens (primary N) is 1. The molecule has 1 fully saturated rings. The van der Waals surface area contributed by atoms with Crippen molar-refractivity contribution < 1.29 is 14.4 Å². The van der Waals surface area contributed by atoms with E-state index in [1.54, 1.807) is 6.08 Å². The molecule has 7 heteroatoms. The zero-order valence-corrected chi connectivity index (χ0v) is 13.2. The van der Waals surface area contributed by atoms with Crippen LogP contribution in [0.3, 0.4) is 0 Å². The number of anilines is 1. The highest BCUT2D eigenvalue weighted by molar-refractivity contribution is 6.06. The molecule has 7 nitrogen and oxygen atoms in total. The average Bonchev–Trinajstić information content (AvgIpc) is 2.95. The molecule has 1 unspecified atom stereocenters. The van der Waals surface area contributed by atoms with Gasteiger partial charge in [0.1, 0.15) is 6.04 Å². The monoisotopic (exact) mass is 328 g/mol. The first-order valence-electron chi connectivity index (χ1n) is 7.97. The van der Waals surface area contributed by atoms with Crippen LogP contribution in [-0.2, 0) is 14.4 Å². The van der Waals surface area contributed by atoms with Gasteiger partial charge in [-0.3, -0.25) is 19.7 Å². The summed E-state index contributed by atoms with van der Waals surface area (Å²) in [5.41, 5.74) is 8.24. The van der Waals surface area contributed by atoms with Gasteiger partial charge < -0.3 is 16.0 Å². The normalized spacial score (nSPS) is 20.9. The lowest BCUT2D eigenvalue weighted by atomic mass is 10.0. The molecule has 24 heavy (non-hydrogen) atoms. The third-order valence-electron chi connectivity index (χ3n) is 4.24. The van der Waals surface area contributed by atoms with E-state index in [0.29, 0.717) is 26.1 Å². The highest BCUT2D eigenvalue weighted by atomic mass is 16.2. The summed E-state index contributed by atoms with van der Waals surface area (Å²) in [4.78, 5) is 37.0. The summed E-state index contributed by atoms with van der Waals surface area (Å²) in [6.45, 7) is 1.63. The van der Waals surface area contributed by atoms with E-state index in [1.807, 2.05) is 24.3 Å². The minimum atomic E-state index is -0.575. The number of hydrogen-bond acceptors (Lipinski definition) is 5. The van der Waals surface area contributed by atoms with Gasteiger partial charge in [0.15, 0.2) is 0 Å². The van der Waals surface area contributed by atoms with Crippen molar-refractivity contribution >= 4 is 29.0 Å². The zero-order valence-electron chi connectivity index (χ0n) is 13.2. The fourth-order valence-corrected chi connectivity index (χ4v) is 2.98. The van der Waals surface area contributed by atoms with Gasteiger partial charge in [0.2, 0.25) is 17.7 Å². The molecule has 3 amide bonds. The topological polar surface area (TPSA) is 105 Å². The number of piperidine rings is 1. The summed E-state index contributed by atoms with van der Waals surface area (Å²) in [5.74, 6) is -0.864. The molecule has 0 radical (unpaired) electrons. The van der Waals surface area contributed by atoms with Crippen LogP contribution in [0.1, 0.15) is 18.4 Å². The summed E-state index contributed by atoms with van der Waals surface area (Å²) >= 11 is 0. The Kier molecular flexibility index (Phi) is 4.61. The molecule has 0 aromatic heterocycles. The second-order valence-corrected chi connectivity index (χ2v) is 5.90. The Bertz CT molecular complexity index is 696. The van der Waals surface area contributed by atoms with Gasteiger partial charge in [0.25, 0.3) is 0 Å². The van der Waals surface area contributed by atoms with Crippen molar-refractivity contribution in [3.63, 3.8) is 0 Å². The van der Waals surface area contributed by atoms with Gasteiger partial charge in [-0.05, 0) is 29.7 Å². The largest absolute Gasteiger partial charge is 0.384 e. The van der Waals surface area contributed by atoms with Crippen molar-refractivity contribution in [2.45, 2.75) is 18.9 Å². The Morgan fingerprint density at radius 3 is 2.62 bits per heavy atom. The van der Waals surface area contributed by atoms with Crippen molar-refractivity contribution in [2.24, 2.45) is 5.73 Å². The van der Waals surface area contributed by atoms with Crippen LogP contribution >= 0.6 is 0 Å². The molecule has 0 aliphatic carbocycles. The van der Waals surface area contributed by atoms with Crippen molar-refractivity contribution in [3.8, 4) is 0 Å². The third-order valence-corrected chi connectivity index (χ3v) is 4.24. The first-order valence-corrected chi connectivity index (χ1v) is 7.97. The predicted molar refractivity (Wildman–Crippen MR) is 89.8 cm³/mol. The summed E-state index contributed by atoms with van der Waals surface area (Å²) < 4.78 is 0. The van der Waals surface area contributed by atoms with E-state index in [-0.39, 0.29) is 18.2 Å². The molecule has 2 aliphatic heterocycles. The van der Waals surface area contributed by atoms with E-state index in [0.717, 1.165) is 16.8 Å². The molecular formula is C17H20N4O3. The number of nitrogens with zero attached hydrogens (tertiary/aromatic N) is 1. The Hall–Kier alpha value is -2.67. The van der Waals surface area contributed by atoms with Crippen molar-refractivity contribution in [1.82, 2.24) is 10.2 Å². The van der Waals surface area contributed by atoms with Gasteiger partial charge in [0.05, 0.1) is 0 Å². The number of amides is 3. The molecule has 1 aromatic carbocycles.